The molecule has 0 saturated heterocycles. The van der Waals surface area contributed by atoms with Gasteiger partial charge in [0.15, 0.2) is 11.0 Å². The van der Waals surface area contributed by atoms with Gasteiger partial charge in [0.2, 0.25) is 5.91 Å². The highest BCUT2D eigenvalue weighted by atomic mass is 79.9. The van der Waals surface area contributed by atoms with Crippen molar-refractivity contribution in [1.29, 1.82) is 0 Å². The van der Waals surface area contributed by atoms with Gasteiger partial charge in [-0.05, 0) is 49.2 Å². The van der Waals surface area contributed by atoms with E-state index in [0.29, 0.717) is 10.9 Å². The lowest BCUT2D eigenvalue weighted by atomic mass is 10.1. The Bertz CT molecular complexity index is 946. The zero-order valence-corrected chi connectivity index (χ0v) is 18.1. The first-order chi connectivity index (χ1) is 12.8. The van der Waals surface area contributed by atoms with Gasteiger partial charge in [0, 0.05) is 24.1 Å². The largest absolute Gasteiger partial charge is 0.348 e. The number of aryl methyl sites for hydroxylation is 2. The Balaban J connectivity index is 2.08. The Morgan fingerprint density at radius 2 is 1.70 bits per heavy atom. The van der Waals surface area contributed by atoms with Crippen molar-refractivity contribution in [2.24, 2.45) is 0 Å². The van der Waals surface area contributed by atoms with E-state index in [-0.39, 0.29) is 5.91 Å². The quantitative estimate of drug-likeness (QED) is 0.543. The normalized spacial score (nSPS) is 10.9. The molecule has 1 heterocycles. The van der Waals surface area contributed by atoms with Gasteiger partial charge in [0.1, 0.15) is 0 Å². The molecule has 0 bridgehead atoms. The maximum Gasteiger partial charge on any atom is 0.232 e. The Labute approximate surface area is 171 Å². The van der Waals surface area contributed by atoms with E-state index in [2.05, 4.69) is 58.2 Å². The summed E-state index contributed by atoms with van der Waals surface area (Å²) in [5.74, 6) is 1.11. The van der Waals surface area contributed by atoms with Crippen LogP contribution in [0.15, 0.2) is 52.1 Å². The van der Waals surface area contributed by atoms with E-state index in [1.807, 2.05) is 28.8 Å². The average Bonchev–Trinajstić information content (AvgIpc) is 3.03. The van der Waals surface area contributed by atoms with Crippen LogP contribution in [-0.4, -0.2) is 45.4 Å². The van der Waals surface area contributed by atoms with Crippen LogP contribution in [0.1, 0.15) is 11.1 Å². The fourth-order valence-corrected chi connectivity index (χ4v) is 3.91. The molecule has 0 aliphatic heterocycles. The number of rotatable bonds is 5. The van der Waals surface area contributed by atoms with Crippen LogP contribution in [0.3, 0.4) is 0 Å². The third-order valence-electron chi connectivity index (χ3n) is 4.02. The molecule has 0 aliphatic carbocycles. The standard InChI is InChI=1S/C20H21BrN4OS/c1-13-9-14(2)11-17(10-13)25-19(15-5-7-16(21)8-6-15)22-23-20(25)27-12-18(26)24(3)4/h5-11H,12H2,1-4H3. The summed E-state index contributed by atoms with van der Waals surface area (Å²) >= 11 is 4.87. The maximum absolute atomic E-state index is 12.0. The van der Waals surface area contributed by atoms with Crippen molar-refractivity contribution in [2.75, 3.05) is 19.8 Å². The zero-order chi connectivity index (χ0) is 19.6. The molecule has 0 unspecified atom stereocenters. The van der Waals surface area contributed by atoms with E-state index < -0.39 is 0 Å². The molecule has 0 spiro atoms. The molecule has 1 amide bonds. The molecule has 0 radical (unpaired) electrons. The van der Waals surface area contributed by atoms with Gasteiger partial charge >= 0.3 is 0 Å². The Morgan fingerprint density at radius 1 is 1.07 bits per heavy atom. The number of benzene rings is 2. The number of carbonyl (C=O) groups is 1. The van der Waals surface area contributed by atoms with Crippen molar-refractivity contribution in [2.45, 2.75) is 19.0 Å². The minimum Gasteiger partial charge on any atom is -0.348 e. The maximum atomic E-state index is 12.0. The van der Waals surface area contributed by atoms with Crippen LogP contribution in [0, 0.1) is 13.8 Å². The summed E-state index contributed by atoms with van der Waals surface area (Å²) in [7, 11) is 3.51. The topological polar surface area (TPSA) is 51.0 Å². The molecule has 5 nitrogen and oxygen atoms in total. The van der Waals surface area contributed by atoms with Crippen LogP contribution in [0.2, 0.25) is 0 Å². The van der Waals surface area contributed by atoms with E-state index in [1.54, 1.807) is 19.0 Å². The summed E-state index contributed by atoms with van der Waals surface area (Å²) in [6, 6.07) is 14.3. The van der Waals surface area contributed by atoms with Crippen molar-refractivity contribution in [3.05, 3.63) is 58.1 Å². The van der Waals surface area contributed by atoms with Crippen LogP contribution < -0.4 is 0 Å². The number of aromatic nitrogens is 3. The SMILES string of the molecule is Cc1cc(C)cc(-n2c(SCC(=O)N(C)C)nnc2-c2ccc(Br)cc2)c1. The number of halogens is 1. The second kappa shape index (κ2) is 8.27. The minimum absolute atomic E-state index is 0.0418. The Morgan fingerprint density at radius 3 is 2.30 bits per heavy atom. The highest BCUT2D eigenvalue weighted by Crippen LogP contribution is 2.29. The summed E-state index contributed by atoms with van der Waals surface area (Å²) in [5.41, 5.74) is 4.30. The first-order valence-electron chi connectivity index (χ1n) is 8.48. The number of thioether (sulfide) groups is 1. The van der Waals surface area contributed by atoms with Gasteiger partial charge in [-0.15, -0.1) is 10.2 Å². The van der Waals surface area contributed by atoms with Gasteiger partial charge in [-0.1, -0.05) is 45.9 Å². The highest BCUT2D eigenvalue weighted by Gasteiger charge is 2.18. The van der Waals surface area contributed by atoms with Crippen LogP contribution in [0.5, 0.6) is 0 Å². The predicted octanol–water partition coefficient (Wildman–Crippen LogP) is 4.49. The van der Waals surface area contributed by atoms with E-state index in [9.17, 15) is 4.79 Å². The molecule has 0 saturated carbocycles. The molecule has 1 aromatic heterocycles. The van der Waals surface area contributed by atoms with E-state index in [4.69, 9.17) is 0 Å². The van der Waals surface area contributed by atoms with E-state index >= 15 is 0 Å². The summed E-state index contributed by atoms with van der Waals surface area (Å²) in [6.45, 7) is 4.14. The first-order valence-corrected chi connectivity index (χ1v) is 10.3. The molecule has 3 aromatic rings. The monoisotopic (exact) mass is 444 g/mol. The molecule has 3 rings (SSSR count). The fourth-order valence-electron chi connectivity index (χ4n) is 2.72. The van der Waals surface area contributed by atoms with E-state index in [0.717, 1.165) is 21.5 Å². The van der Waals surface area contributed by atoms with Crippen LogP contribution in [-0.2, 0) is 4.79 Å². The van der Waals surface area contributed by atoms with Crippen LogP contribution >= 0.6 is 27.7 Å². The lowest BCUT2D eigenvalue weighted by molar-refractivity contribution is -0.125. The highest BCUT2D eigenvalue weighted by molar-refractivity contribution is 9.10. The van der Waals surface area contributed by atoms with Gasteiger partial charge in [0.25, 0.3) is 0 Å². The number of nitrogens with zero attached hydrogens (tertiary/aromatic N) is 4. The summed E-state index contributed by atoms with van der Waals surface area (Å²) in [5, 5.41) is 9.50. The summed E-state index contributed by atoms with van der Waals surface area (Å²) in [4.78, 5) is 13.6. The van der Waals surface area contributed by atoms with Gasteiger partial charge in [-0.2, -0.15) is 0 Å². The molecule has 2 aromatic carbocycles. The van der Waals surface area contributed by atoms with Crippen LogP contribution in [0.4, 0.5) is 0 Å². The molecule has 0 fully saturated rings. The Hall–Kier alpha value is -2.12. The summed E-state index contributed by atoms with van der Waals surface area (Å²) < 4.78 is 3.03. The third kappa shape index (κ3) is 4.59. The van der Waals surface area contributed by atoms with Crippen molar-refractivity contribution < 1.29 is 4.79 Å². The molecular formula is C20H21BrN4OS. The number of hydrogen-bond acceptors (Lipinski definition) is 4. The minimum atomic E-state index is 0.0418. The fraction of sp³-hybridized carbons (Fsp3) is 0.250. The smallest absolute Gasteiger partial charge is 0.232 e. The van der Waals surface area contributed by atoms with Crippen molar-refractivity contribution in [3.8, 4) is 17.1 Å². The second-order valence-electron chi connectivity index (χ2n) is 6.57. The first kappa shape index (κ1) is 19.6. The van der Waals surface area contributed by atoms with Gasteiger partial charge < -0.3 is 4.90 Å². The lowest BCUT2D eigenvalue weighted by Gasteiger charge is -2.13. The predicted molar refractivity (Wildman–Crippen MR) is 113 cm³/mol. The van der Waals surface area contributed by atoms with Crippen molar-refractivity contribution in [3.63, 3.8) is 0 Å². The third-order valence-corrected chi connectivity index (χ3v) is 5.47. The number of amides is 1. The summed E-state index contributed by atoms with van der Waals surface area (Å²) in [6.07, 6.45) is 0. The average molecular weight is 445 g/mol. The molecule has 0 atom stereocenters. The van der Waals surface area contributed by atoms with E-state index in [1.165, 1.54) is 22.9 Å². The zero-order valence-electron chi connectivity index (χ0n) is 15.7. The number of hydrogen-bond donors (Lipinski definition) is 0. The molecular weight excluding hydrogens is 424 g/mol. The van der Waals surface area contributed by atoms with Gasteiger partial charge in [-0.25, -0.2) is 0 Å². The molecule has 140 valence electrons. The molecule has 7 heteroatoms. The molecule has 27 heavy (non-hydrogen) atoms. The molecule has 0 aliphatic rings. The van der Waals surface area contributed by atoms with Crippen LogP contribution in [0.25, 0.3) is 17.1 Å². The lowest BCUT2D eigenvalue weighted by Crippen LogP contribution is -2.23. The Kier molecular flexibility index (Phi) is 6.01. The second-order valence-corrected chi connectivity index (χ2v) is 8.43. The number of carbonyl (C=O) groups excluding carboxylic acids is 1. The molecule has 0 N–H and O–H groups in total. The van der Waals surface area contributed by atoms with Gasteiger partial charge in [-0.3, -0.25) is 9.36 Å². The van der Waals surface area contributed by atoms with Crippen molar-refractivity contribution in [1.82, 2.24) is 19.7 Å². The van der Waals surface area contributed by atoms with Crippen molar-refractivity contribution >= 4 is 33.6 Å². The van der Waals surface area contributed by atoms with Gasteiger partial charge in [0.05, 0.1) is 11.4 Å².